The normalized spacial score (nSPS) is 21.7. The third kappa shape index (κ3) is 5.81. The molecular formula is C24H33ClN4O4. The first-order chi connectivity index (χ1) is 15.9. The average molecular weight is 477 g/mol. The predicted molar refractivity (Wildman–Crippen MR) is 128 cm³/mol. The van der Waals surface area contributed by atoms with E-state index in [1.807, 2.05) is 37.1 Å². The fraction of sp³-hybridized carbons (Fsp3) is 0.542. The van der Waals surface area contributed by atoms with Crippen molar-refractivity contribution in [1.29, 1.82) is 0 Å². The fourth-order valence-electron chi connectivity index (χ4n) is 4.35. The SMILES string of the molecule is CCOC(=O)C1=C(COCCN)N=C(C)C(C(=O)N2CCN(C)CC2)C1c1ccccc1Cl. The van der Waals surface area contributed by atoms with Crippen LogP contribution in [0.25, 0.3) is 0 Å². The highest BCUT2D eigenvalue weighted by Gasteiger charge is 2.44. The van der Waals surface area contributed by atoms with Crippen LogP contribution in [0.5, 0.6) is 0 Å². The molecule has 2 N–H and O–H groups in total. The van der Waals surface area contributed by atoms with E-state index in [2.05, 4.69) is 9.89 Å². The van der Waals surface area contributed by atoms with Crippen molar-refractivity contribution < 1.29 is 19.1 Å². The van der Waals surface area contributed by atoms with Crippen LogP contribution in [0.15, 0.2) is 40.5 Å². The molecular weight excluding hydrogens is 444 g/mol. The van der Waals surface area contributed by atoms with Crippen LogP contribution in [0, 0.1) is 5.92 Å². The van der Waals surface area contributed by atoms with Crippen LogP contribution in [-0.4, -0.2) is 87.0 Å². The van der Waals surface area contributed by atoms with E-state index in [1.54, 1.807) is 13.0 Å². The molecule has 2 unspecified atom stereocenters. The highest BCUT2D eigenvalue weighted by Crippen LogP contribution is 2.43. The molecule has 1 aromatic rings. The number of carbonyl (C=O) groups is 2. The number of benzene rings is 1. The minimum Gasteiger partial charge on any atom is -0.463 e. The van der Waals surface area contributed by atoms with Crippen LogP contribution in [0.4, 0.5) is 0 Å². The molecule has 0 aromatic heterocycles. The summed E-state index contributed by atoms with van der Waals surface area (Å²) in [5.41, 5.74) is 7.66. The standard InChI is InChI=1S/C24H33ClN4O4/c1-4-33-24(31)22-19(15-32-14-9-26)27-16(2)20(21(22)17-7-5-6-8-18(17)25)23(30)29-12-10-28(3)11-13-29/h5-8,20-21H,4,9-15,26H2,1-3H3. The largest absolute Gasteiger partial charge is 0.463 e. The van der Waals surface area contributed by atoms with Gasteiger partial charge >= 0.3 is 5.97 Å². The molecule has 0 radical (unpaired) electrons. The molecule has 0 saturated carbocycles. The zero-order valence-electron chi connectivity index (χ0n) is 19.6. The van der Waals surface area contributed by atoms with E-state index in [0.717, 1.165) is 13.1 Å². The molecule has 8 nitrogen and oxygen atoms in total. The van der Waals surface area contributed by atoms with Crippen LogP contribution in [0.3, 0.4) is 0 Å². The number of amides is 1. The molecule has 1 amide bonds. The Balaban J connectivity index is 2.11. The molecule has 1 aromatic carbocycles. The molecule has 2 aliphatic heterocycles. The van der Waals surface area contributed by atoms with Crippen LogP contribution < -0.4 is 5.73 Å². The third-order valence-electron chi connectivity index (χ3n) is 6.03. The Bertz CT molecular complexity index is 925. The second-order valence-corrected chi connectivity index (χ2v) is 8.69. The number of aliphatic imine (C=N–C) groups is 1. The number of nitrogens with two attached hydrogens (primary N) is 1. The Labute approximate surface area is 200 Å². The van der Waals surface area contributed by atoms with Crippen molar-refractivity contribution in [3.05, 3.63) is 46.1 Å². The van der Waals surface area contributed by atoms with Gasteiger partial charge in [-0.2, -0.15) is 0 Å². The zero-order chi connectivity index (χ0) is 24.0. The Morgan fingerprint density at radius 3 is 2.55 bits per heavy atom. The number of piperazine rings is 1. The van der Waals surface area contributed by atoms with Crippen LogP contribution >= 0.6 is 11.6 Å². The lowest BCUT2D eigenvalue weighted by molar-refractivity contribution is -0.139. The van der Waals surface area contributed by atoms with Gasteiger partial charge < -0.3 is 25.0 Å². The number of ether oxygens (including phenoxy) is 2. The van der Waals surface area contributed by atoms with Crippen LogP contribution in [-0.2, 0) is 19.1 Å². The van der Waals surface area contributed by atoms with Crippen molar-refractivity contribution in [3.63, 3.8) is 0 Å². The smallest absolute Gasteiger partial charge is 0.336 e. The van der Waals surface area contributed by atoms with Gasteiger partial charge in [-0.15, -0.1) is 0 Å². The number of esters is 1. The molecule has 2 heterocycles. The van der Waals surface area contributed by atoms with Crippen molar-refractivity contribution in [3.8, 4) is 0 Å². The maximum Gasteiger partial charge on any atom is 0.336 e. The summed E-state index contributed by atoms with van der Waals surface area (Å²) >= 11 is 6.61. The van der Waals surface area contributed by atoms with Crippen molar-refractivity contribution in [2.75, 3.05) is 59.6 Å². The predicted octanol–water partition coefficient (Wildman–Crippen LogP) is 2.08. The van der Waals surface area contributed by atoms with Crippen molar-refractivity contribution in [2.24, 2.45) is 16.6 Å². The van der Waals surface area contributed by atoms with Crippen LogP contribution in [0.2, 0.25) is 5.02 Å². The molecule has 0 spiro atoms. The summed E-state index contributed by atoms with van der Waals surface area (Å²) in [4.78, 5) is 35.8. The molecule has 0 aliphatic carbocycles. The highest BCUT2D eigenvalue weighted by molar-refractivity contribution is 6.31. The van der Waals surface area contributed by atoms with Gasteiger partial charge in [0.05, 0.1) is 37.0 Å². The number of hydrogen-bond acceptors (Lipinski definition) is 7. The Kier molecular flexibility index (Phi) is 9.02. The summed E-state index contributed by atoms with van der Waals surface area (Å²) < 4.78 is 11.0. The first kappa shape index (κ1) is 25.4. The van der Waals surface area contributed by atoms with E-state index in [0.29, 0.717) is 53.8 Å². The summed E-state index contributed by atoms with van der Waals surface area (Å²) in [6.45, 7) is 7.39. The van der Waals surface area contributed by atoms with E-state index < -0.39 is 17.8 Å². The van der Waals surface area contributed by atoms with Gasteiger partial charge in [-0.3, -0.25) is 9.79 Å². The summed E-state index contributed by atoms with van der Waals surface area (Å²) in [7, 11) is 2.04. The lowest BCUT2D eigenvalue weighted by Gasteiger charge is -2.39. The number of halogens is 1. The number of nitrogens with zero attached hydrogens (tertiary/aromatic N) is 3. The first-order valence-electron chi connectivity index (χ1n) is 11.3. The van der Waals surface area contributed by atoms with Gasteiger partial charge in [0, 0.05) is 49.4 Å². The highest BCUT2D eigenvalue weighted by atomic mass is 35.5. The fourth-order valence-corrected chi connectivity index (χ4v) is 4.61. The summed E-state index contributed by atoms with van der Waals surface area (Å²) in [5, 5.41) is 0.484. The first-order valence-corrected chi connectivity index (χ1v) is 11.7. The maximum atomic E-state index is 13.8. The van der Waals surface area contributed by atoms with E-state index >= 15 is 0 Å². The number of likely N-dealkylation sites (N-methyl/N-ethyl adjacent to an activating group) is 1. The summed E-state index contributed by atoms with van der Waals surface area (Å²) in [6.07, 6.45) is 0. The van der Waals surface area contributed by atoms with E-state index in [-0.39, 0.29) is 19.1 Å². The van der Waals surface area contributed by atoms with Crippen molar-refractivity contribution >= 4 is 29.2 Å². The topological polar surface area (TPSA) is 97.5 Å². The molecule has 2 atom stereocenters. The van der Waals surface area contributed by atoms with Gasteiger partial charge in [-0.1, -0.05) is 29.8 Å². The Morgan fingerprint density at radius 2 is 1.91 bits per heavy atom. The van der Waals surface area contributed by atoms with Crippen molar-refractivity contribution in [1.82, 2.24) is 9.80 Å². The monoisotopic (exact) mass is 476 g/mol. The molecule has 180 valence electrons. The maximum absolute atomic E-state index is 13.8. The van der Waals surface area contributed by atoms with Gasteiger partial charge in [0.1, 0.15) is 0 Å². The summed E-state index contributed by atoms with van der Waals surface area (Å²) in [6, 6.07) is 7.30. The quantitative estimate of drug-likeness (QED) is 0.455. The van der Waals surface area contributed by atoms with Gasteiger partial charge in [0.25, 0.3) is 0 Å². The Morgan fingerprint density at radius 1 is 1.21 bits per heavy atom. The minimum atomic E-state index is -0.661. The lowest BCUT2D eigenvalue weighted by Crippen LogP contribution is -2.51. The zero-order valence-corrected chi connectivity index (χ0v) is 20.3. The van der Waals surface area contributed by atoms with E-state index in [1.165, 1.54) is 0 Å². The van der Waals surface area contributed by atoms with Gasteiger partial charge in [0.2, 0.25) is 5.91 Å². The second kappa shape index (κ2) is 11.7. The third-order valence-corrected chi connectivity index (χ3v) is 6.38. The van der Waals surface area contributed by atoms with Gasteiger partial charge in [-0.25, -0.2) is 4.79 Å². The molecule has 2 aliphatic rings. The Hall–Kier alpha value is -2.26. The molecule has 1 saturated heterocycles. The molecule has 33 heavy (non-hydrogen) atoms. The molecule has 0 bridgehead atoms. The molecule has 1 fully saturated rings. The van der Waals surface area contributed by atoms with E-state index in [9.17, 15) is 9.59 Å². The number of hydrogen-bond donors (Lipinski definition) is 1. The average Bonchev–Trinajstić information content (AvgIpc) is 2.79. The van der Waals surface area contributed by atoms with Gasteiger partial charge in [-0.05, 0) is 32.5 Å². The second-order valence-electron chi connectivity index (χ2n) is 8.28. The van der Waals surface area contributed by atoms with Crippen molar-refractivity contribution in [2.45, 2.75) is 19.8 Å². The number of carbonyl (C=O) groups excluding carboxylic acids is 2. The van der Waals surface area contributed by atoms with Gasteiger partial charge in [0.15, 0.2) is 0 Å². The minimum absolute atomic E-state index is 0.0574. The molecule has 3 rings (SSSR count). The summed E-state index contributed by atoms with van der Waals surface area (Å²) in [5.74, 6) is -1.86. The molecule has 9 heteroatoms. The van der Waals surface area contributed by atoms with E-state index in [4.69, 9.17) is 26.8 Å². The van der Waals surface area contributed by atoms with Crippen LogP contribution in [0.1, 0.15) is 25.3 Å². The lowest BCUT2D eigenvalue weighted by atomic mass is 9.74. The number of rotatable bonds is 8.